The van der Waals surface area contributed by atoms with E-state index < -0.39 is 6.10 Å². The predicted octanol–water partition coefficient (Wildman–Crippen LogP) is -0.168. The second-order valence-electron chi connectivity index (χ2n) is 3.52. The second kappa shape index (κ2) is 4.08. The van der Waals surface area contributed by atoms with Crippen LogP contribution in [-0.4, -0.2) is 35.6 Å². The molecule has 14 heavy (non-hydrogen) atoms. The molecule has 0 bridgehead atoms. The highest BCUT2D eigenvalue weighted by Crippen LogP contribution is 2.08. The number of aryl methyl sites for hydroxylation is 1. The van der Waals surface area contributed by atoms with Crippen LogP contribution in [0.1, 0.15) is 11.3 Å². The third-order valence-electron chi connectivity index (χ3n) is 2.45. The zero-order chi connectivity index (χ0) is 9.97. The van der Waals surface area contributed by atoms with E-state index in [9.17, 15) is 5.11 Å². The fraction of sp³-hybridized carbons (Fsp3) is 0.667. The normalized spacial score (nSPS) is 27.0. The first-order chi connectivity index (χ1) is 6.77. The number of nitrogens with one attached hydrogen (secondary N) is 1. The number of aromatic nitrogens is 1. The van der Waals surface area contributed by atoms with E-state index in [1.165, 1.54) is 0 Å². The van der Waals surface area contributed by atoms with E-state index in [1.807, 2.05) is 6.92 Å². The van der Waals surface area contributed by atoms with Gasteiger partial charge in [-0.25, -0.2) is 0 Å². The Morgan fingerprint density at radius 3 is 3.07 bits per heavy atom. The quantitative estimate of drug-likeness (QED) is 0.706. The van der Waals surface area contributed by atoms with Crippen LogP contribution in [0.2, 0.25) is 0 Å². The topological polar surface area (TPSA) is 67.5 Å². The van der Waals surface area contributed by atoms with Gasteiger partial charge in [-0.05, 0) is 6.92 Å². The maximum Gasteiger partial charge on any atom is 0.128 e. The fourth-order valence-electron chi connectivity index (χ4n) is 1.46. The Morgan fingerprint density at radius 1 is 1.64 bits per heavy atom. The third kappa shape index (κ3) is 1.95. The lowest BCUT2D eigenvalue weighted by Crippen LogP contribution is -2.38. The number of hydrogen-bond acceptors (Lipinski definition) is 5. The van der Waals surface area contributed by atoms with Crippen molar-refractivity contribution in [2.45, 2.75) is 25.6 Å². The molecule has 5 nitrogen and oxygen atoms in total. The number of aliphatic hydroxyl groups is 1. The van der Waals surface area contributed by atoms with Gasteiger partial charge in [0.15, 0.2) is 0 Å². The van der Waals surface area contributed by atoms with Gasteiger partial charge in [-0.15, -0.1) is 0 Å². The van der Waals surface area contributed by atoms with Crippen LogP contribution in [0.25, 0.3) is 0 Å². The maximum absolute atomic E-state index is 9.46. The molecule has 2 unspecified atom stereocenters. The molecule has 1 fully saturated rings. The van der Waals surface area contributed by atoms with Crippen molar-refractivity contribution in [2.24, 2.45) is 0 Å². The zero-order valence-electron chi connectivity index (χ0n) is 8.06. The minimum Gasteiger partial charge on any atom is -0.389 e. The van der Waals surface area contributed by atoms with Crippen LogP contribution in [0.5, 0.6) is 0 Å². The summed E-state index contributed by atoms with van der Waals surface area (Å²) in [5.74, 6) is 0. The lowest BCUT2D eigenvalue weighted by atomic mass is 10.2. The van der Waals surface area contributed by atoms with E-state index in [2.05, 4.69) is 10.5 Å². The van der Waals surface area contributed by atoms with Crippen molar-refractivity contribution in [3.63, 3.8) is 0 Å². The van der Waals surface area contributed by atoms with Crippen molar-refractivity contribution in [3.05, 3.63) is 17.5 Å². The van der Waals surface area contributed by atoms with E-state index in [0.29, 0.717) is 19.8 Å². The standard InChI is InChI=1S/C9H14N2O3/c1-6-7(3-14-11-6)2-10-8-4-13-5-9(8)12/h3,8-10,12H,2,4-5H2,1H3. The van der Waals surface area contributed by atoms with Gasteiger partial charge in [-0.1, -0.05) is 5.16 Å². The predicted molar refractivity (Wildman–Crippen MR) is 48.7 cm³/mol. The molecule has 1 aliphatic rings. The van der Waals surface area contributed by atoms with Crippen LogP contribution < -0.4 is 5.32 Å². The maximum atomic E-state index is 9.46. The van der Waals surface area contributed by atoms with Crippen molar-refractivity contribution in [1.82, 2.24) is 10.5 Å². The van der Waals surface area contributed by atoms with Crippen LogP contribution >= 0.6 is 0 Å². The summed E-state index contributed by atoms with van der Waals surface area (Å²) >= 11 is 0. The van der Waals surface area contributed by atoms with Crippen LogP contribution in [0.15, 0.2) is 10.8 Å². The Kier molecular flexibility index (Phi) is 2.81. The van der Waals surface area contributed by atoms with Crippen molar-refractivity contribution in [2.75, 3.05) is 13.2 Å². The molecule has 0 aromatic carbocycles. The molecule has 2 rings (SSSR count). The van der Waals surface area contributed by atoms with Crippen molar-refractivity contribution >= 4 is 0 Å². The summed E-state index contributed by atoms with van der Waals surface area (Å²) in [5, 5.41) is 16.4. The first kappa shape index (κ1) is 9.64. The molecule has 1 aromatic heterocycles. The summed E-state index contributed by atoms with van der Waals surface area (Å²) in [7, 11) is 0. The van der Waals surface area contributed by atoms with Gasteiger partial charge in [-0.2, -0.15) is 0 Å². The lowest BCUT2D eigenvalue weighted by molar-refractivity contribution is 0.122. The second-order valence-corrected chi connectivity index (χ2v) is 3.52. The van der Waals surface area contributed by atoms with Gasteiger partial charge in [0, 0.05) is 12.1 Å². The number of hydrogen-bond donors (Lipinski definition) is 2. The third-order valence-corrected chi connectivity index (χ3v) is 2.45. The summed E-state index contributed by atoms with van der Waals surface area (Å²) in [5.41, 5.74) is 1.90. The van der Waals surface area contributed by atoms with Crippen LogP contribution in [0, 0.1) is 6.92 Å². The molecular weight excluding hydrogens is 184 g/mol. The first-order valence-corrected chi connectivity index (χ1v) is 4.66. The Morgan fingerprint density at radius 2 is 2.50 bits per heavy atom. The highest BCUT2D eigenvalue weighted by Gasteiger charge is 2.25. The van der Waals surface area contributed by atoms with Crippen molar-refractivity contribution < 1.29 is 14.4 Å². The van der Waals surface area contributed by atoms with Crippen molar-refractivity contribution in [3.8, 4) is 0 Å². The van der Waals surface area contributed by atoms with E-state index in [-0.39, 0.29) is 6.04 Å². The molecule has 0 amide bonds. The Labute approximate surface area is 82.0 Å². The molecule has 5 heteroatoms. The number of aliphatic hydroxyl groups excluding tert-OH is 1. The molecule has 0 saturated carbocycles. The summed E-state index contributed by atoms with van der Waals surface area (Å²) in [6.07, 6.45) is 1.21. The molecule has 1 saturated heterocycles. The van der Waals surface area contributed by atoms with Gasteiger partial charge in [0.25, 0.3) is 0 Å². The average Bonchev–Trinajstić information content (AvgIpc) is 2.72. The number of rotatable bonds is 3. The Bertz CT molecular complexity index is 300. The Hall–Kier alpha value is -0.910. The van der Waals surface area contributed by atoms with Crippen LogP contribution in [-0.2, 0) is 11.3 Å². The smallest absolute Gasteiger partial charge is 0.128 e. The van der Waals surface area contributed by atoms with Crippen molar-refractivity contribution in [1.29, 1.82) is 0 Å². The number of ether oxygens (including phenoxy) is 1. The van der Waals surface area contributed by atoms with Gasteiger partial charge in [0.2, 0.25) is 0 Å². The molecule has 0 aliphatic carbocycles. The molecule has 2 heterocycles. The molecule has 1 aliphatic heterocycles. The molecule has 0 spiro atoms. The van der Waals surface area contributed by atoms with E-state index in [0.717, 1.165) is 11.3 Å². The minimum atomic E-state index is -0.407. The zero-order valence-corrected chi connectivity index (χ0v) is 8.06. The largest absolute Gasteiger partial charge is 0.389 e. The van der Waals surface area contributed by atoms with Gasteiger partial charge in [0.1, 0.15) is 6.26 Å². The van der Waals surface area contributed by atoms with Crippen LogP contribution in [0.4, 0.5) is 0 Å². The highest BCUT2D eigenvalue weighted by molar-refractivity contribution is 5.12. The highest BCUT2D eigenvalue weighted by atomic mass is 16.5. The van der Waals surface area contributed by atoms with Gasteiger partial charge >= 0.3 is 0 Å². The molecule has 78 valence electrons. The Balaban J connectivity index is 1.85. The first-order valence-electron chi connectivity index (χ1n) is 4.66. The molecule has 1 aromatic rings. The SMILES string of the molecule is Cc1nocc1CNC1COCC1O. The molecule has 2 N–H and O–H groups in total. The van der Waals surface area contributed by atoms with E-state index >= 15 is 0 Å². The van der Waals surface area contributed by atoms with E-state index in [1.54, 1.807) is 6.26 Å². The number of nitrogens with zero attached hydrogens (tertiary/aromatic N) is 1. The van der Waals surface area contributed by atoms with Gasteiger partial charge in [0.05, 0.1) is 31.1 Å². The fourth-order valence-corrected chi connectivity index (χ4v) is 1.46. The molecular formula is C9H14N2O3. The summed E-state index contributed by atoms with van der Waals surface area (Å²) in [6, 6.07) is 0.0179. The summed E-state index contributed by atoms with van der Waals surface area (Å²) < 4.78 is 9.92. The van der Waals surface area contributed by atoms with Crippen LogP contribution in [0.3, 0.4) is 0 Å². The van der Waals surface area contributed by atoms with E-state index in [4.69, 9.17) is 9.26 Å². The average molecular weight is 198 g/mol. The molecule has 2 atom stereocenters. The minimum absolute atomic E-state index is 0.0179. The molecule has 0 radical (unpaired) electrons. The lowest BCUT2D eigenvalue weighted by Gasteiger charge is -2.13. The summed E-state index contributed by atoms with van der Waals surface area (Å²) in [6.45, 7) is 3.52. The van der Waals surface area contributed by atoms with Gasteiger partial charge in [-0.3, -0.25) is 0 Å². The van der Waals surface area contributed by atoms with Gasteiger partial charge < -0.3 is 19.7 Å². The summed E-state index contributed by atoms with van der Waals surface area (Å²) in [4.78, 5) is 0. The monoisotopic (exact) mass is 198 g/mol.